The van der Waals surface area contributed by atoms with Crippen LogP contribution in [0.25, 0.3) is 6.08 Å². The molecule has 0 atom stereocenters. The van der Waals surface area contributed by atoms with E-state index in [4.69, 9.17) is 0 Å². The first-order valence-electron chi connectivity index (χ1n) is 6.69. The van der Waals surface area contributed by atoms with Crippen LogP contribution in [-0.4, -0.2) is 23.9 Å². The molecule has 0 saturated carbocycles. The van der Waals surface area contributed by atoms with E-state index in [0.717, 1.165) is 37.4 Å². The lowest BCUT2D eigenvalue weighted by Crippen LogP contribution is -2.36. The van der Waals surface area contributed by atoms with Gasteiger partial charge in [0.15, 0.2) is 0 Å². The third-order valence-corrected chi connectivity index (χ3v) is 3.59. The third-order valence-electron chi connectivity index (χ3n) is 3.59. The fourth-order valence-electron chi connectivity index (χ4n) is 2.18. The molecule has 0 aliphatic carbocycles. The zero-order valence-electron chi connectivity index (χ0n) is 11.2. The molecule has 1 aliphatic heterocycles. The van der Waals surface area contributed by atoms with Crippen LogP contribution in [0.1, 0.15) is 30.9 Å². The van der Waals surface area contributed by atoms with Crippen molar-refractivity contribution in [1.29, 1.82) is 0 Å². The Balaban J connectivity index is 1.92. The maximum atomic E-state index is 12.0. The molecule has 96 valence electrons. The number of amides is 1. The van der Waals surface area contributed by atoms with Crippen LogP contribution in [0, 0.1) is 12.8 Å². The standard InChI is InChI=1S/C16H21NO/c1-13-3-5-15(6-4-13)7-8-16(18)17-11-9-14(2)10-12-17/h3-8,14H,9-12H2,1-2H3. The van der Waals surface area contributed by atoms with E-state index >= 15 is 0 Å². The summed E-state index contributed by atoms with van der Waals surface area (Å²) >= 11 is 0. The van der Waals surface area contributed by atoms with E-state index in [0.29, 0.717) is 0 Å². The molecule has 1 amide bonds. The second-order valence-corrected chi connectivity index (χ2v) is 5.25. The minimum Gasteiger partial charge on any atom is -0.339 e. The lowest BCUT2D eigenvalue weighted by atomic mass is 9.99. The first-order valence-corrected chi connectivity index (χ1v) is 6.69. The highest BCUT2D eigenvalue weighted by Gasteiger charge is 2.18. The number of hydrogen-bond donors (Lipinski definition) is 0. The van der Waals surface area contributed by atoms with Crippen molar-refractivity contribution in [2.24, 2.45) is 5.92 Å². The van der Waals surface area contributed by atoms with E-state index in [1.54, 1.807) is 6.08 Å². The van der Waals surface area contributed by atoms with Gasteiger partial charge in [-0.3, -0.25) is 4.79 Å². The van der Waals surface area contributed by atoms with Crippen LogP contribution in [0.2, 0.25) is 0 Å². The summed E-state index contributed by atoms with van der Waals surface area (Å²) < 4.78 is 0. The van der Waals surface area contributed by atoms with E-state index in [9.17, 15) is 4.79 Å². The van der Waals surface area contributed by atoms with Crippen molar-refractivity contribution < 1.29 is 4.79 Å². The van der Waals surface area contributed by atoms with Gasteiger partial charge in [-0.15, -0.1) is 0 Å². The highest BCUT2D eigenvalue weighted by Crippen LogP contribution is 2.16. The zero-order chi connectivity index (χ0) is 13.0. The van der Waals surface area contributed by atoms with Gasteiger partial charge in [-0.25, -0.2) is 0 Å². The fraction of sp³-hybridized carbons (Fsp3) is 0.438. The summed E-state index contributed by atoms with van der Waals surface area (Å²) in [5.74, 6) is 0.901. The number of carbonyl (C=O) groups excluding carboxylic acids is 1. The Labute approximate surface area is 109 Å². The summed E-state index contributed by atoms with van der Waals surface area (Å²) in [5.41, 5.74) is 2.32. The minimum absolute atomic E-state index is 0.141. The van der Waals surface area contributed by atoms with Crippen LogP contribution in [0.5, 0.6) is 0 Å². The van der Waals surface area contributed by atoms with Crippen molar-refractivity contribution in [2.75, 3.05) is 13.1 Å². The van der Waals surface area contributed by atoms with Gasteiger partial charge in [0.2, 0.25) is 5.91 Å². The van der Waals surface area contributed by atoms with Crippen molar-refractivity contribution >= 4 is 12.0 Å². The number of hydrogen-bond acceptors (Lipinski definition) is 1. The molecular weight excluding hydrogens is 222 g/mol. The molecule has 18 heavy (non-hydrogen) atoms. The normalized spacial score (nSPS) is 17.3. The van der Waals surface area contributed by atoms with Crippen LogP contribution >= 0.6 is 0 Å². The Morgan fingerprint density at radius 2 is 1.83 bits per heavy atom. The average molecular weight is 243 g/mol. The van der Waals surface area contributed by atoms with Gasteiger partial charge in [0.1, 0.15) is 0 Å². The second-order valence-electron chi connectivity index (χ2n) is 5.25. The molecule has 0 spiro atoms. The summed E-state index contributed by atoms with van der Waals surface area (Å²) in [4.78, 5) is 13.9. The molecule has 1 aromatic rings. The van der Waals surface area contributed by atoms with Gasteiger partial charge in [-0.05, 0) is 37.3 Å². The predicted molar refractivity (Wildman–Crippen MR) is 75.2 cm³/mol. The predicted octanol–water partition coefficient (Wildman–Crippen LogP) is 3.27. The van der Waals surface area contributed by atoms with Crippen LogP contribution in [-0.2, 0) is 4.79 Å². The number of nitrogens with zero attached hydrogens (tertiary/aromatic N) is 1. The molecule has 1 fully saturated rings. The molecule has 1 aliphatic rings. The van der Waals surface area contributed by atoms with Gasteiger partial charge in [-0.1, -0.05) is 36.8 Å². The molecule has 1 saturated heterocycles. The number of aryl methyl sites for hydroxylation is 1. The smallest absolute Gasteiger partial charge is 0.246 e. The van der Waals surface area contributed by atoms with Gasteiger partial charge < -0.3 is 4.90 Å². The molecule has 0 N–H and O–H groups in total. The molecule has 0 aromatic heterocycles. The first-order chi connectivity index (χ1) is 8.65. The number of piperidine rings is 1. The van der Waals surface area contributed by atoms with Crippen LogP contribution < -0.4 is 0 Å². The quantitative estimate of drug-likeness (QED) is 0.730. The maximum absolute atomic E-state index is 12.0. The van der Waals surface area contributed by atoms with E-state index < -0.39 is 0 Å². The molecule has 0 unspecified atom stereocenters. The van der Waals surface area contributed by atoms with Crippen LogP contribution in [0.15, 0.2) is 30.3 Å². The van der Waals surface area contributed by atoms with E-state index in [1.807, 2.05) is 23.1 Å². The van der Waals surface area contributed by atoms with Crippen molar-refractivity contribution in [3.63, 3.8) is 0 Å². The van der Waals surface area contributed by atoms with Crippen molar-refractivity contribution in [3.05, 3.63) is 41.5 Å². The zero-order valence-corrected chi connectivity index (χ0v) is 11.2. The molecule has 2 rings (SSSR count). The molecule has 0 radical (unpaired) electrons. The SMILES string of the molecule is Cc1ccc(C=CC(=O)N2CCC(C)CC2)cc1. The van der Waals surface area contributed by atoms with Crippen LogP contribution in [0.4, 0.5) is 0 Å². The lowest BCUT2D eigenvalue weighted by Gasteiger charge is -2.29. The fourth-order valence-corrected chi connectivity index (χ4v) is 2.18. The van der Waals surface area contributed by atoms with Crippen molar-refractivity contribution in [3.8, 4) is 0 Å². The number of likely N-dealkylation sites (tertiary alicyclic amines) is 1. The second kappa shape index (κ2) is 5.85. The first kappa shape index (κ1) is 12.9. The highest BCUT2D eigenvalue weighted by atomic mass is 16.2. The molecule has 2 nitrogen and oxygen atoms in total. The molecule has 1 heterocycles. The molecule has 0 bridgehead atoms. The Hall–Kier alpha value is -1.57. The highest BCUT2D eigenvalue weighted by molar-refractivity contribution is 5.91. The summed E-state index contributed by atoms with van der Waals surface area (Å²) in [6.07, 6.45) is 5.86. The topological polar surface area (TPSA) is 20.3 Å². The van der Waals surface area contributed by atoms with Gasteiger partial charge in [0, 0.05) is 19.2 Å². The number of carbonyl (C=O) groups is 1. The van der Waals surface area contributed by atoms with Crippen LogP contribution in [0.3, 0.4) is 0 Å². The minimum atomic E-state index is 0.141. The Morgan fingerprint density at radius 3 is 2.44 bits per heavy atom. The Bertz CT molecular complexity index is 425. The maximum Gasteiger partial charge on any atom is 0.246 e. The van der Waals surface area contributed by atoms with Gasteiger partial charge >= 0.3 is 0 Å². The molecular formula is C16H21NO. The van der Waals surface area contributed by atoms with E-state index in [-0.39, 0.29) is 5.91 Å². The Morgan fingerprint density at radius 1 is 1.22 bits per heavy atom. The summed E-state index contributed by atoms with van der Waals surface area (Å²) in [6, 6.07) is 8.20. The van der Waals surface area contributed by atoms with E-state index in [2.05, 4.69) is 26.0 Å². The van der Waals surface area contributed by atoms with Gasteiger partial charge in [0.25, 0.3) is 0 Å². The summed E-state index contributed by atoms with van der Waals surface area (Å²) in [5, 5.41) is 0. The summed E-state index contributed by atoms with van der Waals surface area (Å²) in [6.45, 7) is 6.12. The largest absolute Gasteiger partial charge is 0.339 e. The molecule has 2 heteroatoms. The van der Waals surface area contributed by atoms with Crippen molar-refractivity contribution in [1.82, 2.24) is 4.90 Å². The van der Waals surface area contributed by atoms with E-state index in [1.165, 1.54) is 5.56 Å². The molecule has 1 aromatic carbocycles. The van der Waals surface area contributed by atoms with Gasteiger partial charge in [-0.2, -0.15) is 0 Å². The van der Waals surface area contributed by atoms with Gasteiger partial charge in [0.05, 0.1) is 0 Å². The third kappa shape index (κ3) is 3.46. The lowest BCUT2D eigenvalue weighted by molar-refractivity contribution is -0.127. The number of rotatable bonds is 2. The monoisotopic (exact) mass is 243 g/mol. The van der Waals surface area contributed by atoms with Crippen molar-refractivity contribution in [2.45, 2.75) is 26.7 Å². The number of benzene rings is 1. The average Bonchev–Trinajstić information content (AvgIpc) is 2.38. The summed E-state index contributed by atoms with van der Waals surface area (Å²) in [7, 11) is 0. The Kier molecular flexibility index (Phi) is 4.19.